The molecule has 2 aromatic rings. The molecular weight excluding hydrogens is 280 g/mol. The SMILES string of the molecule is Clc1ccnc2cc(COCCN3CCCC3)sc12. The molecule has 1 aliphatic rings. The number of halogens is 1. The van der Waals surface area contributed by atoms with Gasteiger partial charge in [-0.1, -0.05) is 11.6 Å². The summed E-state index contributed by atoms with van der Waals surface area (Å²) in [6.45, 7) is 4.96. The van der Waals surface area contributed by atoms with Gasteiger partial charge in [0.25, 0.3) is 0 Å². The van der Waals surface area contributed by atoms with Gasteiger partial charge in [-0.15, -0.1) is 11.3 Å². The highest BCUT2D eigenvalue weighted by Gasteiger charge is 2.11. The zero-order chi connectivity index (χ0) is 13.1. The molecule has 1 saturated heterocycles. The number of ether oxygens (including phenoxy) is 1. The first-order valence-electron chi connectivity index (χ1n) is 6.66. The molecule has 102 valence electrons. The summed E-state index contributed by atoms with van der Waals surface area (Å²) in [5.74, 6) is 0. The molecule has 5 heteroatoms. The lowest BCUT2D eigenvalue weighted by Crippen LogP contribution is -2.23. The molecule has 0 bridgehead atoms. The van der Waals surface area contributed by atoms with Gasteiger partial charge in [0.05, 0.1) is 28.5 Å². The molecule has 2 aromatic heterocycles. The van der Waals surface area contributed by atoms with Crippen LogP contribution in [0, 0.1) is 0 Å². The number of rotatable bonds is 5. The van der Waals surface area contributed by atoms with Crippen LogP contribution >= 0.6 is 22.9 Å². The van der Waals surface area contributed by atoms with E-state index in [4.69, 9.17) is 16.3 Å². The van der Waals surface area contributed by atoms with Gasteiger partial charge in [-0.25, -0.2) is 0 Å². The Morgan fingerprint density at radius 3 is 3.00 bits per heavy atom. The summed E-state index contributed by atoms with van der Waals surface area (Å²) in [6.07, 6.45) is 4.41. The summed E-state index contributed by atoms with van der Waals surface area (Å²) in [5.41, 5.74) is 0.968. The van der Waals surface area contributed by atoms with Crippen molar-refractivity contribution in [2.24, 2.45) is 0 Å². The van der Waals surface area contributed by atoms with E-state index in [1.807, 2.05) is 6.07 Å². The minimum atomic E-state index is 0.658. The van der Waals surface area contributed by atoms with Gasteiger partial charge in [-0.05, 0) is 38.1 Å². The first-order chi connectivity index (χ1) is 9.33. The number of nitrogens with zero attached hydrogens (tertiary/aromatic N) is 2. The van der Waals surface area contributed by atoms with Gasteiger partial charge in [0.15, 0.2) is 0 Å². The van der Waals surface area contributed by atoms with Crippen LogP contribution in [0.25, 0.3) is 10.2 Å². The molecule has 0 amide bonds. The van der Waals surface area contributed by atoms with Crippen molar-refractivity contribution in [3.8, 4) is 0 Å². The second-order valence-corrected chi connectivity index (χ2v) is 6.37. The van der Waals surface area contributed by atoms with Crippen LogP contribution < -0.4 is 0 Å². The molecule has 0 N–H and O–H groups in total. The summed E-state index contributed by atoms with van der Waals surface area (Å²) in [4.78, 5) is 7.97. The Hall–Kier alpha value is -0.680. The van der Waals surface area contributed by atoms with Crippen LogP contribution in [0.2, 0.25) is 5.02 Å². The average Bonchev–Trinajstić information content (AvgIpc) is 3.04. The van der Waals surface area contributed by atoms with Crippen LogP contribution in [-0.4, -0.2) is 36.1 Å². The maximum absolute atomic E-state index is 6.14. The Kier molecular flexibility index (Phi) is 4.33. The van der Waals surface area contributed by atoms with Gasteiger partial charge in [0.2, 0.25) is 0 Å². The Morgan fingerprint density at radius 1 is 1.37 bits per heavy atom. The first-order valence-corrected chi connectivity index (χ1v) is 7.85. The molecule has 0 aliphatic carbocycles. The summed E-state index contributed by atoms with van der Waals surface area (Å²) < 4.78 is 6.81. The van der Waals surface area contributed by atoms with E-state index in [0.29, 0.717) is 6.61 Å². The molecule has 0 radical (unpaired) electrons. The summed E-state index contributed by atoms with van der Waals surface area (Å²) in [7, 11) is 0. The minimum Gasteiger partial charge on any atom is -0.375 e. The Balaban J connectivity index is 1.52. The first kappa shape index (κ1) is 13.3. The number of pyridine rings is 1. The average molecular weight is 297 g/mol. The molecule has 3 rings (SSSR count). The smallest absolute Gasteiger partial charge is 0.0828 e. The molecule has 3 nitrogen and oxygen atoms in total. The van der Waals surface area contributed by atoms with Gasteiger partial charge in [-0.3, -0.25) is 4.98 Å². The minimum absolute atomic E-state index is 0.658. The Labute approximate surface area is 122 Å². The van der Waals surface area contributed by atoms with Crippen molar-refractivity contribution in [3.05, 3.63) is 28.2 Å². The normalized spacial score (nSPS) is 16.5. The van der Waals surface area contributed by atoms with Crippen molar-refractivity contribution in [1.29, 1.82) is 0 Å². The van der Waals surface area contributed by atoms with Crippen LogP contribution in [-0.2, 0) is 11.3 Å². The van der Waals surface area contributed by atoms with E-state index in [-0.39, 0.29) is 0 Å². The fourth-order valence-corrected chi connectivity index (χ4v) is 3.63. The molecule has 0 aromatic carbocycles. The zero-order valence-corrected chi connectivity index (χ0v) is 12.3. The maximum atomic E-state index is 6.14. The number of hydrogen-bond donors (Lipinski definition) is 0. The largest absolute Gasteiger partial charge is 0.375 e. The lowest BCUT2D eigenvalue weighted by Gasteiger charge is -2.13. The number of thiophene rings is 1. The fraction of sp³-hybridized carbons (Fsp3) is 0.500. The molecule has 0 atom stereocenters. The monoisotopic (exact) mass is 296 g/mol. The lowest BCUT2D eigenvalue weighted by molar-refractivity contribution is 0.101. The topological polar surface area (TPSA) is 25.4 Å². The van der Waals surface area contributed by atoms with Crippen LogP contribution in [0.1, 0.15) is 17.7 Å². The standard InChI is InChI=1S/C14H17ClN2OS/c15-12-3-4-16-13-9-11(19-14(12)13)10-18-8-7-17-5-1-2-6-17/h3-4,9H,1-2,5-8,10H2. The summed E-state index contributed by atoms with van der Waals surface area (Å²) in [6, 6.07) is 3.90. The third kappa shape index (κ3) is 3.26. The highest BCUT2D eigenvalue weighted by Crippen LogP contribution is 2.30. The van der Waals surface area contributed by atoms with Crippen LogP contribution in [0.15, 0.2) is 18.3 Å². The quantitative estimate of drug-likeness (QED) is 0.789. The molecule has 0 unspecified atom stereocenters. The fourth-order valence-electron chi connectivity index (χ4n) is 2.40. The van der Waals surface area contributed by atoms with Crippen molar-refractivity contribution in [2.75, 3.05) is 26.2 Å². The van der Waals surface area contributed by atoms with Gasteiger partial charge in [-0.2, -0.15) is 0 Å². The van der Waals surface area contributed by atoms with Crippen molar-refractivity contribution < 1.29 is 4.74 Å². The van der Waals surface area contributed by atoms with E-state index in [0.717, 1.165) is 28.4 Å². The van der Waals surface area contributed by atoms with E-state index < -0.39 is 0 Å². The predicted molar refractivity (Wildman–Crippen MR) is 80.0 cm³/mol. The molecule has 0 saturated carbocycles. The van der Waals surface area contributed by atoms with E-state index in [9.17, 15) is 0 Å². The summed E-state index contributed by atoms with van der Waals surface area (Å²) in [5, 5.41) is 0.776. The highest BCUT2D eigenvalue weighted by atomic mass is 35.5. The molecule has 1 fully saturated rings. The third-order valence-corrected chi connectivity index (χ3v) is 4.97. The highest BCUT2D eigenvalue weighted by molar-refractivity contribution is 7.19. The molecule has 0 spiro atoms. The summed E-state index contributed by atoms with van der Waals surface area (Å²) >= 11 is 7.81. The van der Waals surface area contributed by atoms with E-state index >= 15 is 0 Å². The maximum Gasteiger partial charge on any atom is 0.0828 e. The van der Waals surface area contributed by atoms with Crippen LogP contribution in [0.3, 0.4) is 0 Å². The second kappa shape index (κ2) is 6.18. The molecule has 19 heavy (non-hydrogen) atoms. The lowest BCUT2D eigenvalue weighted by atomic mass is 10.4. The molecule has 1 aliphatic heterocycles. The molecular formula is C14H17ClN2OS. The number of fused-ring (bicyclic) bond motifs is 1. The number of aromatic nitrogens is 1. The zero-order valence-electron chi connectivity index (χ0n) is 10.8. The van der Waals surface area contributed by atoms with Crippen molar-refractivity contribution in [3.63, 3.8) is 0 Å². The van der Waals surface area contributed by atoms with Crippen molar-refractivity contribution in [2.45, 2.75) is 19.4 Å². The third-order valence-electron chi connectivity index (χ3n) is 3.41. The Morgan fingerprint density at radius 2 is 2.21 bits per heavy atom. The van der Waals surface area contributed by atoms with Gasteiger partial charge < -0.3 is 9.64 Å². The Bertz CT molecular complexity index is 551. The van der Waals surface area contributed by atoms with Gasteiger partial charge in [0.1, 0.15) is 0 Å². The van der Waals surface area contributed by atoms with Crippen molar-refractivity contribution >= 4 is 33.2 Å². The number of hydrogen-bond acceptors (Lipinski definition) is 4. The predicted octanol–water partition coefficient (Wildman–Crippen LogP) is 3.56. The second-order valence-electron chi connectivity index (χ2n) is 4.82. The van der Waals surface area contributed by atoms with E-state index in [1.54, 1.807) is 17.5 Å². The van der Waals surface area contributed by atoms with E-state index in [2.05, 4.69) is 16.0 Å². The van der Waals surface area contributed by atoms with Gasteiger partial charge >= 0.3 is 0 Å². The number of likely N-dealkylation sites (tertiary alicyclic amines) is 1. The van der Waals surface area contributed by atoms with Crippen LogP contribution in [0.5, 0.6) is 0 Å². The van der Waals surface area contributed by atoms with Crippen molar-refractivity contribution in [1.82, 2.24) is 9.88 Å². The molecule has 3 heterocycles. The van der Waals surface area contributed by atoms with Crippen LogP contribution in [0.4, 0.5) is 0 Å². The van der Waals surface area contributed by atoms with Gasteiger partial charge in [0, 0.05) is 17.6 Å². The van der Waals surface area contributed by atoms with E-state index in [1.165, 1.54) is 30.8 Å².